The molecule has 1 aromatic rings. The van der Waals surface area contributed by atoms with Crippen LogP contribution >= 0.6 is 0 Å². The lowest BCUT2D eigenvalue weighted by Gasteiger charge is -2.33. The zero-order valence-corrected chi connectivity index (χ0v) is 8.48. The van der Waals surface area contributed by atoms with Crippen LogP contribution in [0, 0.1) is 0 Å². The molecule has 0 bridgehead atoms. The molecule has 1 aromatic heterocycles. The fourth-order valence-corrected chi connectivity index (χ4v) is 1.87. The minimum Gasteiger partial charge on any atom is -0.396 e. The van der Waals surface area contributed by atoms with Gasteiger partial charge >= 0.3 is 0 Å². The summed E-state index contributed by atoms with van der Waals surface area (Å²) in [6.07, 6.45) is 7.12. The Hall–Kier alpha value is -1.32. The number of piperidine rings is 1. The van der Waals surface area contributed by atoms with Gasteiger partial charge in [0.1, 0.15) is 0 Å². The van der Waals surface area contributed by atoms with Crippen molar-refractivity contribution in [1.82, 2.24) is 9.97 Å². The SMILES string of the molecule is CC1CCCCN1c1ncc(N)cn1. The van der Waals surface area contributed by atoms with Gasteiger partial charge in [0.25, 0.3) is 0 Å². The Labute approximate surface area is 84.2 Å². The zero-order valence-electron chi connectivity index (χ0n) is 8.48. The lowest BCUT2D eigenvalue weighted by Crippen LogP contribution is -2.38. The van der Waals surface area contributed by atoms with Crippen LogP contribution < -0.4 is 10.6 Å². The van der Waals surface area contributed by atoms with Gasteiger partial charge < -0.3 is 10.6 Å². The number of nitrogens with zero attached hydrogens (tertiary/aromatic N) is 3. The topological polar surface area (TPSA) is 55.0 Å². The van der Waals surface area contributed by atoms with Gasteiger partial charge in [-0.15, -0.1) is 0 Å². The molecule has 2 rings (SSSR count). The van der Waals surface area contributed by atoms with E-state index in [1.807, 2.05) is 0 Å². The van der Waals surface area contributed by atoms with Gasteiger partial charge in [-0.1, -0.05) is 0 Å². The molecule has 1 atom stereocenters. The van der Waals surface area contributed by atoms with Crippen molar-refractivity contribution in [2.45, 2.75) is 32.2 Å². The van der Waals surface area contributed by atoms with Crippen molar-refractivity contribution >= 4 is 11.6 Å². The van der Waals surface area contributed by atoms with E-state index in [-0.39, 0.29) is 0 Å². The molecule has 1 fully saturated rings. The molecule has 2 N–H and O–H groups in total. The van der Waals surface area contributed by atoms with Crippen molar-refractivity contribution in [1.29, 1.82) is 0 Å². The predicted octanol–water partition coefficient (Wildman–Crippen LogP) is 1.44. The first-order chi connectivity index (χ1) is 6.77. The third-order valence-electron chi connectivity index (χ3n) is 2.72. The minimum atomic E-state index is 0.548. The van der Waals surface area contributed by atoms with Crippen molar-refractivity contribution in [3.05, 3.63) is 12.4 Å². The van der Waals surface area contributed by atoms with Crippen molar-refractivity contribution in [3.8, 4) is 0 Å². The lowest BCUT2D eigenvalue weighted by atomic mass is 10.0. The van der Waals surface area contributed by atoms with Crippen LogP contribution in [0.25, 0.3) is 0 Å². The fourth-order valence-electron chi connectivity index (χ4n) is 1.87. The standard InChI is InChI=1S/C10H16N4/c1-8-4-2-3-5-14(8)10-12-6-9(11)7-13-10/h6-8H,2-5,11H2,1H3. The maximum Gasteiger partial charge on any atom is 0.225 e. The largest absolute Gasteiger partial charge is 0.396 e. The number of nitrogens with two attached hydrogens (primary N) is 1. The molecule has 0 spiro atoms. The first-order valence-electron chi connectivity index (χ1n) is 5.11. The molecule has 0 radical (unpaired) electrons. The van der Waals surface area contributed by atoms with Crippen LogP contribution in [0.5, 0.6) is 0 Å². The van der Waals surface area contributed by atoms with Crippen molar-refractivity contribution < 1.29 is 0 Å². The van der Waals surface area contributed by atoms with E-state index in [9.17, 15) is 0 Å². The molecule has 14 heavy (non-hydrogen) atoms. The molecule has 1 unspecified atom stereocenters. The van der Waals surface area contributed by atoms with Crippen LogP contribution in [0.15, 0.2) is 12.4 Å². The average Bonchev–Trinajstić information content (AvgIpc) is 2.20. The van der Waals surface area contributed by atoms with E-state index in [2.05, 4.69) is 21.8 Å². The van der Waals surface area contributed by atoms with Crippen LogP contribution in [-0.4, -0.2) is 22.6 Å². The molecule has 1 aliphatic rings. The van der Waals surface area contributed by atoms with E-state index in [1.54, 1.807) is 12.4 Å². The highest BCUT2D eigenvalue weighted by Gasteiger charge is 2.20. The number of hydrogen-bond donors (Lipinski definition) is 1. The van der Waals surface area contributed by atoms with Crippen LogP contribution in [0.3, 0.4) is 0 Å². The molecule has 0 aliphatic carbocycles. The number of anilines is 2. The van der Waals surface area contributed by atoms with Gasteiger partial charge in [-0.3, -0.25) is 0 Å². The third-order valence-corrected chi connectivity index (χ3v) is 2.72. The molecule has 0 saturated carbocycles. The third kappa shape index (κ3) is 1.78. The first-order valence-corrected chi connectivity index (χ1v) is 5.11. The molecule has 1 saturated heterocycles. The second-order valence-corrected chi connectivity index (χ2v) is 3.85. The molecule has 0 aromatic carbocycles. The van der Waals surface area contributed by atoms with Crippen LogP contribution in [0.1, 0.15) is 26.2 Å². The summed E-state index contributed by atoms with van der Waals surface area (Å²) >= 11 is 0. The van der Waals surface area contributed by atoms with Crippen molar-refractivity contribution in [2.24, 2.45) is 0 Å². The van der Waals surface area contributed by atoms with Crippen molar-refractivity contribution in [3.63, 3.8) is 0 Å². The quantitative estimate of drug-likeness (QED) is 0.731. The molecular formula is C10H16N4. The van der Waals surface area contributed by atoms with E-state index in [0.717, 1.165) is 12.5 Å². The zero-order chi connectivity index (χ0) is 9.97. The van der Waals surface area contributed by atoms with Gasteiger partial charge in [-0.05, 0) is 26.2 Å². The fraction of sp³-hybridized carbons (Fsp3) is 0.600. The summed E-state index contributed by atoms with van der Waals surface area (Å²) in [6.45, 7) is 3.28. The molecule has 1 aliphatic heterocycles. The highest BCUT2D eigenvalue weighted by molar-refractivity contribution is 5.38. The summed E-state index contributed by atoms with van der Waals surface area (Å²) in [4.78, 5) is 10.7. The van der Waals surface area contributed by atoms with Gasteiger partial charge in [0.05, 0.1) is 18.1 Å². The van der Waals surface area contributed by atoms with Crippen LogP contribution in [-0.2, 0) is 0 Å². The van der Waals surface area contributed by atoms with Crippen LogP contribution in [0.4, 0.5) is 11.6 Å². The summed E-state index contributed by atoms with van der Waals surface area (Å²) < 4.78 is 0. The summed E-state index contributed by atoms with van der Waals surface area (Å²) in [5.41, 5.74) is 6.17. The van der Waals surface area contributed by atoms with Gasteiger partial charge in [-0.25, -0.2) is 9.97 Å². The number of aromatic nitrogens is 2. The predicted molar refractivity (Wildman–Crippen MR) is 57.1 cm³/mol. The summed E-state index contributed by atoms with van der Waals surface area (Å²) in [7, 11) is 0. The van der Waals surface area contributed by atoms with E-state index in [0.29, 0.717) is 11.7 Å². The summed E-state index contributed by atoms with van der Waals surface area (Å²) in [5.74, 6) is 0.811. The Kier molecular flexibility index (Phi) is 2.52. The van der Waals surface area contributed by atoms with E-state index in [1.165, 1.54) is 19.3 Å². The normalized spacial score (nSPS) is 22.4. The van der Waals surface area contributed by atoms with E-state index >= 15 is 0 Å². The van der Waals surface area contributed by atoms with Gasteiger partial charge in [0.15, 0.2) is 0 Å². The Balaban J connectivity index is 2.16. The second kappa shape index (κ2) is 3.82. The van der Waals surface area contributed by atoms with E-state index < -0.39 is 0 Å². The highest BCUT2D eigenvalue weighted by atomic mass is 15.3. The Morgan fingerprint density at radius 3 is 2.71 bits per heavy atom. The van der Waals surface area contributed by atoms with Crippen molar-refractivity contribution in [2.75, 3.05) is 17.2 Å². The smallest absolute Gasteiger partial charge is 0.225 e. The molecule has 4 nitrogen and oxygen atoms in total. The van der Waals surface area contributed by atoms with Gasteiger partial charge in [-0.2, -0.15) is 0 Å². The lowest BCUT2D eigenvalue weighted by molar-refractivity contribution is 0.477. The Morgan fingerprint density at radius 2 is 2.07 bits per heavy atom. The maximum absolute atomic E-state index is 5.55. The Bertz CT molecular complexity index is 295. The molecule has 4 heteroatoms. The average molecular weight is 192 g/mol. The number of hydrogen-bond acceptors (Lipinski definition) is 4. The molecule has 2 heterocycles. The maximum atomic E-state index is 5.55. The number of rotatable bonds is 1. The molecule has 0 amide bonds. The minimum absolute atomic E-state index is 0.548. The van der Waals surface area contributed by atoms with Gasteiger partial charge in [0.2, 0.25) is 5.95 Å². The van der Waals surface area contributed by atoms with Gasteiger partial charge in [0, 0.05) is 12.6 Å². The first kappa shape index (κ1) is 9.24. The monoisotopic (exact) mass is 192 g/mol. The summed E-state index contributed by atoms with van der Waals surface area (Å²) in [5, 5.41) is 0. The number of nitrogen functional groups attached to an aromatic ring is 1. The van der Waals surface area contributed by atoms with Crippen LogP contribution in [0.2, 0.25) is 0 Å². The second-order valence-electron chi connectivity index (χ2n) is 3.85. The Morgan fingerprint density at radius 1 is 1.36 bits per heavy atom. The molecular weight excluding hydrogens is 176 g/mol. The highest BCUT2D eigenvalue weighted by Crippen LogP contribution is 2.20. The molecule has 76 valence electrons. The summed E-state index contributed by atoms with van der Waals surface area (Å²) in [6, 6.07) is 0.548. The van der Waals surface area contributed by atoms with E-state index in [4.69, 9.17) is 5.73 Å².